The molecule has 1 N–H and O–H groups in total. The van der Waals surface area contributed by atoms with Gasteiger partial charge in [0.05, 0.1) is 6.61 Å². The lowest BCUT2D eigenvalue weighted by Crippen LogP contribution is -2.16. The van der Waals surface area contributed by atoms with Crippen LogP contribution in [-0.4, -0.2) is 19.2 Å². The van der Waals surface area contributed by atoms with E-state index in [1.807, 2.05) is 80.5 Å². The van der Waals surface area contributed by atoms with Crippen molar-refractivity contribution in [3.05, 3.63) is 95.6 Å². The van der Waals surface area contributed by atoms with E-state index in [2.05, 4.69) is 0 Å². The lowest BCUT2D eigenvalue weighted by atomic mass is 10.2. The molecule has 0 bridgehead atoms. The van der Waals surface area contributed by atoms with Crippen LogP contribution in [0.2, 0.25) is 0 Å². The first kappa shape index (κ1) is 20.3. The molecule has 0 aromatic heterocycles. The largest absolute Gasteiger partial charge is 0.378 e. The minimum absolute atomic E-state index is 0.163. The molecule has 3 aromatic rings. The van der Waals surface area contributed by atoms with Gasteiger partial charge in [0, 0.05) is 25.1 Å². The lowest BCUT2D eigenvalue weighted by Gasteiger charge is -2.25. The quantitative estimate of drug-likeness (QED) is 0.580. The summed E-state index contributed by atoms with van der Waals surface area (Å²) in [6.07, 6.45) is 0. The first-order chi connectivity index (χ1) is 13.4. The SMILES string of the molecule is Cc1ccc([C@H](O)[P@](=O)(OCc2ccccc2)c2ccc(N(C)C)cc2)cc1. The van der Waals surface area contributed by atoms with Gasteiger partial charge in [-0.05, 0) is 42.3 Å². The monoisotopic (exact) mass is 395 g/mol. The van der Waals surface area contributed by atoms with Gasteiger partial charge in [-0.15, -0.1) is 0 Å². The highest BCUT2D eigenvalue weighted by Crippen LogP contribution is 2.58. The van der Waals surface area contributed by atoms with Crippen LogP contribution in [0, 0.1) is 6.92 Å². The summed E-state index contributed by atoms with van der Waals surface area (Å²) in [6.45, 7) is 2.14. The van der Waals surface area contributed by atoms with E-state index in [1.54, 1.807) is 24.3 Å². The number of aliphatic hydroxyl groups excluding tert-OH is 1. The summed E-state index contributed by atoms with van der Waals surface area (Å²) in [5, 5.41) is 11.5. The van der Waals surface area contributed by atoms with Crippen LogP contribution < -0.4 is 10.2 Å². The minimum Gasteiger partial charge on any atom is -0.378 e. The van der Waals surface area contributed by atoms with Crippen molar-refractivity contribution in [2.45, 2.75) is 19.4 Å². The number of aryl methyl sites for hydroxylation is 1. The molecule has 0 heterocycles. The molecule has 0 unspecified atom stereocenters. The number of aliphatic hydroxyl groups is 1. The Kier molecular flexibility index (Phi) is 6.35. The topological polar surface area (TPSA) is 49.8 Å². The molecule has 0 saturated heterocycles. The molecule has 0 saturated carbocycles. The molecule has 28 heavy (non-hydrogen) atoms. The minimum atomic E-state index is -3.58. The molecule has 146 valence electrons. The van der Waals surface area contributed by atoms with Crippen LogP contribution in [0.1, 0.15) is 22.5 Å². The molecule has 5 heteroatoms. The van der Waals surface area contributed by atoms with E-state index in [9.17, 15) is 9.67 Å². The van der Waals surface area contributed by atoms with Gasteiger partial charge in [0.15, 0.2) is 5.85 Å². The second kappa shape index (κ2) is 8.74. The van der Waals surface area contributed by atoms with Crippen molar-refractivity contribution in [3.8, 4) is 0 Å². The molecule has 2 atom stereocenters. The molecular weight excluding hydrogens is 369 g/mol. The van der Waals surface area contributed by atoms with Crippen molar-refractivity contribution in [2.75, 3.05) is 19.0 Å². The molecule has 0 radical (unpaired) electrons. The average Bonchev–Trinajstić information content (AvgIpc) is 2.73. The van der Waals surface area contributed by atoms with Crippen molar-refractivity contribution in [1.82, 2.24) is 0 Å². The third-order valence-electron chi connectivity index (χ3n) is 4.69. The maximum absolute atomic E-state index is 14.0. The molecule has 3 rings (SSSR count). The van der Waals surface area contributed by atoms with Crippen LogP contribution in [0.5, 0.6) is 0 Å². The summed E-state index contributed by atoms with van der Waals surface area (Å²) in [6, 6.07) is 24.3. The van der Waals surface area contributed by atoms with Crippen LogP contribution in [0.15, 0.2) is 78.9 Å². The predicted molar refractivity (Wildman–Crippen MR) is 115 cm³/mol. The van der Waals surface area contributed by atoms with Crippen molar-refractivity contribution in [2.24, 2.45) is 0 Å². The van der Waals surface area contributed by atoms with Crippen LogP contribution in [0.3, 0.4) is 0 Å². The number of nitrogens with zero attached hydrogens (tertiary/aromatic N) is 1. The number of hydrogen-bond donors (Lipinski definition) is 1. The zero-order chi connectivity index (χ0) is 20.1. The first-order valence-corrected chi connectivity index (χ1v) is 10.9. The Morgan fingerprint density at radius 2 is 1.54 bits per heavy atom. The molecule has 0 fully saturated rings. The second-order valence-electron chi connectivity index (χ2n) is 7.05. The van der Waals surface area contributed by atoms with Crippen LogP contribution >= 0.6 is 7.37 Å². The standard InChI is InChI=1S/C23H26NO3P/c1-18-9-11-20(12-10-18)23(25)28(26,27-17-19-7-5-4-6-8-19)22-15-13-21(14-16-22)24(2)3/h4-16,23,25H,17H2,1-3H3/t23-,28-/m1/s1. The van der Waals surface area contributed by atoms with Crippen molar-refractivity contribution in [3.63, 3.8) is 0 Å². The fraction of sp³-hybridized carbons (Fsp3) is 0.217. The van der Waals surface area contributed by atoms with Crippen molar-refractivity contribution in [1.29, 1.82) is 0 Å². The highest BCUT2D eigenvalue weighted by Gasteiger charge is 2.36. The Hall–Kier alpha value is -2.39. The summed E-state index contributed by atoms with van der Waals surface area (Å²) in [4.78, 5) is 1.97. The normalized spacial score (nSPS) is 14.3. The Morgan fingerprint density at radius 3 is 2.11 bits per heavy atom. The van der Waals surface area contributed by atoms with E-state index in [0.29, 0.717) is 10.9 Å². The number of rotatable bonds is 7. The summed E-state index contributed by atoms with van der Waals surface area (Å²) < 4.78 is 19.9. The van der Waals surface area contributed by atoms with Gasteiger partial charge in [-0.2, -0.15) is 0 Å². The van der Waals surface area contributed by atoms with Gasteiger partial charge in [-0.3, -0.25) is 4.57 Å². The fourth-order valence-corrected chi connectivity index (χ4v) is 4.97. The number of anilines is 1. The Bertz CT molecular complexity index is 938. The molecule has 0 aliphatic carbocycles. The molecular formula is C23H26NO3P. The Labute approximate surface area is 166 Å². The maximum Gasteiger partial charge on any atom is 0.264 e. The predicted octanol–water partition coefficient (Wildman–Crippen LogP) is 4.87. The molecule has 0 aliphatic rings. The van der Waals surface area contributed by atoms with Gasteiger partial charge in [-0.1, -0.05) is 60.2 Å². The summed E-state index contributed by atoms with van der Waals surface area (Å²) in [7, 11) is 0.314. The molecule has 4 nitrogen and oxygen atoms in total. The van der Waals surface area contributed by atoms with E-state index >= 15 is 0 Å². The van der Waals surface area contributed by atoms with Gasteiger partial charge in [0.1, 0.15) is 0 Å². The molecule has 0 amide bonds. The highest BCUT2D eigenvalue weighted by molar-refractivity contribution is 7.67. The van der Waals surface area contributed by atoms with Crippen LogP contribution in [0.25, 0.3) is 0 Å². The number of benzene rings is 3. The van der Waals surface area contributed by atoms with Gasteiger partial charge in [-0.25, -0.2) is 0 Å². The van der Waals surface area contributed by atoms with Gasteiger partial charge in [0.25, 0.3) is 7.37 Å². The van der Waals surface area contributed by atoms with E-state index < -0.39 is 13.2 Å². The van der Waals surface area contributed by atoms with E-state index in [1.165, 1.54) is 0 Å². The Morgan fingerprint density at radius 1 is 0.929 bits per heavy atom. The van der Waals surface area contributed by atoms with Gasteiger partial charge in [0.2, 0.25) is 0 Å². The molecule has 3 aromatic carbocycles. The fourth-order valence-electron chi connectivity index (χ4n) is 2.92. The zero-order valence-corrected chi connectivity index (χ0v) is 17.3. The van der Waals surface area contributed by atoms with Gasteiger partial charge >= 0.3 is 0 Å². The summed E-state index contributed by atoms with van der Waals surface area (Å²) >= 11 is 0. The summed E-state index contributed by atoms with van der Waals surface area (Å²) in [5.41, 5.74) is 3.55. The lowest BCUT2D eigenvalue weighted by molar-refractivity contribution is 0.210. The van der Waals surface area contributed by atoms with Crippen molar-refractivity contribution >= 4 is 18.4 Å². The van der Waals surface area contributed by atoms with Gasteiger partial charge < -0.3 is 14.5 Å². The Balaban J connectivity index is 1.96. The van der Waals surface area contributed by atoms with E-state index in [4.69, 9.17) is 4.52 Å². The third-order valence-corrected chi connectivity index (χ3v) is 7.16. The second-order valence-corrected chi connectivity index (χ2v) is 9.51. The van der Waals surface area contributed by atoms with Crippen molar-refractivity contribution < 1.29 is 14.2 Å². The number of hydrogen-bond acceptors (Lipinski definition) is 4. The first-order valence-electron chi connectivity index (χ1n) is 9.21. The highest BCUT2D eigenvalue weighted by atomic mass is 31.2. The smallest absolute Gasteiger partial charge is 0.264 e. The third kappa shape index (κ3) is 4.53. The molecule has 0 aliphatic heterocycles. The zero-order valence-electron chi connectivity index (χ0n) is 16.4. The van der Waals surface area contributed by atoms with Crippen LogP contribution in [-0.2, 0) is 15.7 Å². The summed E-state index contributed by atoms with van der Waals surface area (Å²) in [5.74, 6) is -1.23. The molecule has 0 spiro atoms. The van der Waals surface area contributed by atoms with Crippen LogP contribution in [0.4, 0.5) is 5.69 Å². The van der Waals surface area contributed by atoms with E-state index in [0.717, 1.165) is 16.8 Å². The average molecular weight is 395 g/mol. The van der Waals surface area contributed by atoms with E-state index in [-0.39, 0.29) is 6.61 Å². The maximum atomic E-state index is 14.0.